The van der Waals surface area contributed by atoms with Gasteiger partial charge in [0.1, 0.15) is 5.82 Å². The molecular weight excluding hydrogens is 270 g/mol. The summed E-state index contributed by atoms with van der Waals surface area (Å²) in [5.74, 6) is 0.895. The molecule has 0 fully saturated rings. The van der Waals surface area contributed by atoms with Crippen molar-refractivity contribution in [1.82, 2.24) is 9.55 Å². The third-order valence-corrected chi connectivity index (χ3v) is 3.56. The monoisotopic (exact) mass is 285 g/mol. The van der Waals surface area contributed by atoms with Crippen molar-refractivity contribution in [3.63, 3.8) is 0 Å². The molecule has 20 heavy (non-hydrogen) atoms. The Hall–Kier alpha value is -1.84. The molecule has 0 amide bonds. The number of rotatable bonds is 3. The van der Waals surface area contributed by atoms with E-state index in [2.05, 4.69) is 21.7 Å². The van der Waals surface area contributed by atoms with Gasteiger partial charge in [0.2, 0.25) is 0 Å². The lowest BCUT2D eigenvalue weighted by Crippen LogP contribution is -2.14. The van der Waals surface area contributed by atoms with Crippen LogP contribution in [-0.4, -0.2) is 9.55 Å². The van der Waals surface area contributed by atoms with E-state index >= 15 is 0 Å². The van der Waals surface area contributed by atoms with Gasteiger partial charge in [0.25, 0.3) is 0 Å². The lowest BCUT2D eigenvalue weighted by molar-refractivity contribution is 0.664. The van der Waals surface area contributed by atoms with Gasteiger partial charge in [-0.1, -0.05) is 35.9 Å². The van der Waals surface area contributed by atoms with Crippen molar-refractivity contribution in [3.8, 4) is 0 Å². The predicted molar refractivity (Wildman–Crippen MR) is 82.9 cm³/mol. The van der Waals surface area contributed by atoms with Gasteiger partial charge in [0.15, 0.2) is 0 Å². The zero-order valence-electron chi connectivity index (χ0n) is 11.3. The van der Waals surface area contributed by atoms with Gasteiger partial charge in [-0.25, -0.2) is 4.98 Å². The Morgan fingerprint density at radius 3 is 2.75 bits per heavy atom. The van der Waals surface area contributed by atoms with Crippen LogP contribution in [0.1, 0.15) is 24.4 Å². The molecule has 3 nitrogen and oxygen atoms in total. The minimum absolute atomic E-state index is 0.110. The van der Waals surface area contributed by atoms with Crippen LogP contribution in [0.2, 0.25) is 5.02 Å². The average Bonchev–Trinajstić information content (AvgIpc) is 2.78. The Kier molecular flexibility index (Phi) is 3.47. The Morgan fingerprint density at radius 1 is 1.20 bits per heavy atom. The molecule has 1 heterocycles. The number of nitrogens with zero attached hydrogens (tertiary/aromatic N) is 2. The molecule has 1 unspecified atom stereocenters. The molecular formula is C16H16ClN3. The highest BCUT2D eigenvalue weighted by Crippen LogP contribution is 2.22. The number of hydrogen-bond acceptors (Lipinski definition) is 2. The molecule has 0 radical (unpaired) electrons. The molecule has 0 aliphatic heterocycles. The lowest BCUT2D eigenvalue weighted by atomic mass is 10.2. The van der Waals surface area contributed by atoms with E-state index < -0.39 is 0 Å². The van der Waals surface area contributed by atoms with Crippen molar-refractivity contribution in [3.05, 3.63) is 64.9 Å². The quantitative estimate of drug-likeness (QED) is 0.796. The predicted octanol–water partition coefficient (Wildman–Crippen LogP) is 3.76. The van der Waals surface area contributed by atoms with Crippen LogP contribution in [0, 0.1) is 0 Å². The fourth-order valence-corrected chi connectivity index (χ4v) is 2.64. The van der Waals surface area contributed by atoms with E-state index in [1.165, 1.54) is 0 Å². The van der Waals surface area contributed by atoms with Crippen LogP contribution in [-0.2, 0) is 6.54 Å². The van der Waals surface area contributed by atoms with Crippen molar-refractivity contribution in [2.24, 2.45) is 5.73 Å². The molecule has 0 saturated carbocycles. The summed E-state index contributed by atoms with van der Waals surface area (Å²) < 4.78 is 2.16. The van der Waals surface area contributed by atoms with E-state index in [9.17, 15) is 0 Å². The van der Waals surface area contributed by atoms with Crippen molar-refractivity contribution in [2.75, 3.05) is 0 Å². The zero-order valence-corrected chi connectivity index (χ0v) is 12.0. The van der Waals surface area contributed by atoms with Crippen molar-refractivity contribution in [1.29, 1.82) is 0 Å². The average molecular weight is 286 g/mol. The van der Waals surface area contributed by atoms with Crippen molar-refractivity contribution >= 4 is 22.6 Å². The van der Waals surface area contributed by atoms with Crippen molar-refractivity contribution in [2.45, 2.75) is 19.5 Å². The fraction of sp³-hybridized carbons (Fsp3) is 0.188. The third-order valence-electron chi connectivity index (χ3n) is 3.32. The number of hydrogen-bond donors (Lipinski definition) is 1. The second-order valence-electron chi connectivity index (χ2n) is 4.96. The van der Waals surface area contributed by atoms with Gasteiger partial charge in [0.05, 0.1) is 17.1 Å². The van der Waals surface area contributed by atoms with Gasteiger partial charge < -0.3 is 10.3 Å². The number of halogens is 1. The van der Waals surface area contributed by atoms with Crippen LogP contribution in [0.4, 0.5) is 0 Å². The van der Waals surface area contributed by atoms with E-state index in [4.69, 9.17) is 17.3 Å². The molecule has 0 spiro atoms. The summed E-state index contributed by atoms with van der Waals surface area (Å²) >= 11 is 6.06. The molecule has 3 rings (SSSR count). The summed E-state index contributed by atoms with van der Waals surface area (Å²) in [4.78, 5) is 4.64. The van der Waals surface area contributed by atoms with Gasteiger partial charge in [-0.2, -0.15) is 0 Å². The SMILES string of the molecule is CC(N)c1nc2ccccc2n1Cc1cccc(Cl)c1. The van der Waals surface area contributed by atoms with Crippen LogP contribution in [0.5, 0.6) is 0 Å². The first-order valence-corrected chi connectivity index (χ1v) is 6.98. The maximum absolute atomic E-state index is 6.06. The van der Waals surface area contributed by atoms with E-state index in [0.717, 1.165) is 34.0 Å². The molecule has 1 aromatic heterocycles. The normalized spacial score (nSPS) is 12.8. The molecule has 102 valence electrons. The standard InChI is InChI=1S/C16H16ClN3/c1-11(18)16-19-14-7-2-3-8-15(14)20(16)10-12-5-4-6-13(17)9-12/h2-9,11H,10,18H2,1H3. The summed E-state index contributed by atoms with van der Waals surface area (Å²) in [5, 5.41) is 0.745. The number of fused-ring (bicyclic) bond motifs is 1. The Bertz CT molecular complexity index is 746. The summed E-state index contributed by atoms with van der Waals surface area (Å²) in [6.45, 7) is 2.67. The first-order chi connectivity index (χ1) is 9.65. The minimum atomic E-state index is -0.110. The summed E-state index contributed by atoms with van der Waals surface area (Å²) in [7, 11) is 0. The Labute approximate surface area is 123 Å². The molecule has 2 N–H and O–H groups in total. The maximum Gasteiger partial charge on any atom is 0.126 e. The largest absolute Gasteiger partial charge is 0.322 e. The van der Waals surface area contributed by atoms with Gasteiger partial charge in [-0.15, -0.1) is 0 Å². The van der Waals surface area contributed by atoms with E-state index in [1.54, 1.807) is 0 Å². The molecule has 1 atom stereocenters. The summed E-state index contributed by atoms with van der Waals surface area (Å²) in [6.07, 6.45) is 0. The molecule has 2 aromatic carbocycles. The number of aromatic nitrogens is 2. The van der Waals surface area contributed by atoms with Gasteiger partial charge in [0, 0.05) is 11.6 Å². The van der Waals surface area contributed by atoms with E-state index in [-0.39, 0.29) is 6.04 Å². The number of para-hydroxylation sites is 2. The maximum atomic E-state index is 6.06. The second-order valence-corrected chi connectivity index (χ2v) is 5.40. The first-order valence-electron chi connectivity index (χ1n) is 6.60. The highest BCUT2D eigenvalue weighted by atomic mass is 35.5. The third kappa shape index (κ3) is 2.42. The van der Waals surface area contributed by atoms with Crippen LogP contribution in [0.15, 0.2) is 48.5 Å². The van der Waals surface area contributed by atoms with Crippen LogP contribution in [0.3, 0.4) is 0 Å². The Balaban J connectivity index is 2.11. The number of imidazole rings is 1. The van der Waals surface area contributed by atoms with Gasteiger partial charge in [-0.3, -0.25) is 0 Å². The topological polar surface area (TPSA) is 43.8 Å². The first kappa shape index (κ1) is 13.2. The fourth-order valence-electron chi connectivity index (χ4n) is 2.43. The molecule has 0 aliphatic rings. The molecule has 0 bridgehead atoms. The van der Waals surface area contributed by atoms with Crippen molar-refractivity contribution < 1.29 is 0 Å². The summed E-state index contributed by atoms with van der Waals surface area (Å²) in [6, 6.07) is 15.8. The van der Waals surface area contributed by atoms with E-state index in [1.807, 2.05) is 43.3 Å². The minimum Gasteiger partial charge on any atom is -0.322 e. The molecule has 3 aromatic rings. The molecule has 0 saturated heterocycles. The Morgan fingerprint density at radius 2 is 2.00 bits per heavy atom. The van der Waals surface area contributed by atoms with Gasteiger partial charge in [-0.05, 0) is 36.8 Å². The zero-order chi connectivity index (χ0) is 14.1. The smallest absolute Gasteiger partial charge is 0.126 e. The van der Waals surface area contributed by atoms with Crippen LogP contribution >= 0.6 is 11.6 Å². The second kappa shape index (κ2) is 5.27. The van der Waals surface area contributed by atoms with Gasteiger partial charge >= 0.3 is 0 Å². The number of nitrogens with two attached hydrogens (primary N) is 1. The lowest BCUT2D eigenvalue weighted by Gasteiger charge is -2.11. The highest BCUT2D eigenvalue weighted by Gasteiger charge is 2.13. The molecule has 0 aliphatic carbocycles. The number of benzene rings is 2. The van der Waals surface area contributed by atoms with Crippen LogP contribution in [0.25, 0.3) is 11.0 Å². The van der Waals surface area contributed by atoms with Crippen LogP contribution < -0.4 is 5.73 Å². The van der Waals surface area contributed by atoms with E-state index in [0.29, 0.717) is 0 Å². The summed E-state index contributed by atoms with van der Waals surface area (Å²) in [5.41, 5.74) is 9.26. The molecule has 4 heteroatoms. The highest BCUT2D eigenvalue weighted by molar-refractivity contribution is 6.30.